The van der Waals surface area contributed by atoms with E-state index in [4.69, 9.17) is 5.73 Å². The molecule has 0 aromatic carbocycles. The van der Waals surface area contributed by atoms with Crippen molar-refractivity contribution in [2.75, 3.05) is 0 Å². The first-order chi connectivity index (χ1) is 5.81. The molecule has 0 radical (unpaired) electrons. The van der Waals surface area contributed by atoms with Crippen LogP contribution in [0.2, 0.25) is 0 Å². The molecule has 1 aromatic rings. The van der Waals surface area contributed by atoms with Crippen LogP contribution in [0.5, 0.6) is 0 Å². The molecule has 1 aliphatic rings. The summed E-state index contributed by atoms with van der Waals surface area (Å²) < 4.78 is 0. The van der Waals surface area contributed by atoms with E-state index in [9.17, 15) is 0 Å². The van der Waals surface area contributed by atoms with E-state index < -0.39 is 0 Å². The van der Waals surface area contributed by atoms with Crippen LogP contribution < -0.4 is 5.73 Å². The standard InChI is InChI=1S/C7H13N5/c8-7(4-2-1-3-5-7)6-9-11-12-10-6/h1-5,8H2,(H,9,10,11,12). The summed E-state index contributed by atoms with van der Waals surface area (Å²) in [6.07, 6.45) is 5.61. The number of nitrogens with zero attached hydrogens (tertiary/aromatic N) is 3. The van der Waals surface area contributed by atoms with Crippen molar-refractivity contribution in [3.8, 4) is 0 Å². The highest BCUT2D eigenvalue weighted by atomic mass is 15.5. The average Bonchev–Trinajstić information content (AvgIpc) is 2.58. The predicted octanol–water partition coefficient (Wildman–Crippen LogP) is 0.318. The zero-order chi connectivity index (χ0) is 8.44. The first-order valence-electron chi connectivity index (χ1n) is 4.34. The van der Waals surface area contributed by atoms with Crippen LogP contribution in [0.15, 0.2) is 0 Å². The Morgan fingerprint density at radius 3 is 2.58 bits per heavy atom. The fourth-order valence-electron chi connectivity index (χ4n) is 1.79. The normalized spacial score (nSPS) is 22.4. The number of nitrogens with one attached hydrogen (secondary N) is 1. The quantitative estimate of drug-likeness (QED) is 0.631. The Morgan fingerprint density at radius 2 is 2.00 bits per heavy atom. The van der Waals surface area contributed by atoms with Crippen LogP contribution in [0.4, 0.5) is 0 Å². The lowest BCUT2D eigenvalue weighted by molar-refractivity contribution is 0.287. The van der Waals surface area contributed by atoms with Crippen molar-refractivity contribution >= 4 is 0 Å². The Kier molecular flexibility index (Phi) is 1.80. The molecule has 1 fully saturated rings. The third-order valence-electron chi connectivity index (χ3n) is 2.56. The minimum absolute atomic E-state index is 0.290. The highest BCUT2D eigenvalue weighted by molar-refractivity contribution is 5.02. The number of aromatic nitrogens is 4. The van der Waals surface area contributed by atoms with Gasteiger partial charge in [-0.3, -0.25) is 0 Å². The van der Waals surface area contributed by atoms with Crippen LogP contribution in [0.3, 0.4) is 0 Å². The van der Waals surface area contributed by atoms with Crippen molar-refractivity contribution in [1.29, 1.82) is 0 Å². The second kappa shape index (κ2) is 2.82. The summed E-state index contributed by atoms with van der Waals surface area (Å²) in [5, 5.41) is 13.7. The fraction of sp³-hybridized carbons (Fsp3) is 0.857. The van der Waals surface area contributed by atoms with Gasteiger partial charge in [0.15, 0.2) is 5.82 Å². The van der Waals surface area contributed by atoms with Gasteiger partial charge in [-0.2, -0.15) is 0 Å². The number of H-pyrrole nitrogens is 1. The minimum atomic E-state index is -0.290. The van der Waals surface area contributed by atoms with Gasteiger partial charge in [-0.25, -0.2) is 5.10 Å². The molecule has 1 aromatic heterocycles. The third-order valence-corrected chi connectivity index (χ3v) is 2.56. The van der Waals surface area contributed by atoms with Gasteiger partial charge in [0, 0.05) is 0 Å². The molecule has 5 heteroatoms. The van der Waals surface area contributed by atoms with Crippen LogP contribution >= 0.6 is 0 Å². The molecule has 3 N–H and O–H groups in total. The molecule has 1 heterocycles. The first-order valence-corrected chi connectivity index (χ1v) is 4.34. The number of tetrazole rings is 1. The van der Waals surface area contributed by atoms with Gasteiger partial charge in [-0.1, -0.05) is 19.3 Å². The molecule has 5 nitrogen and oxygen atoms in total. The monoisotopic (exact) mass is 167 g/mol. The summed E-state index contributed by atoms with van der Waals surface area (Å²) >= 11 is 0. The van der Waals surface area contributed by atoms with Crippen molar-refractivity contribution in [3.63, 3.8) is 0 Å². The Morgan fingerprint density at radius 1 is 1.25 bits per heavy atom. The third kappa shape index (κ3) is 1.20. The van der Waals surface area contributed by atoms with Crippen molar-refractivity contribution in [3.05, 3.63) is 5.82 Å². The predicted molar refractivity (Wildman–Crippen MR) is 43.1 cm³/mol. The van der Waals surface area contributed by atoms with Gasteiger partial charge in [0.05, 0.1) is 5.54 Å². The number of rotatable bonds is 1. The van der Waals surface area contributed by atoms with E-state index in [0.29, 0.717) is 0 Å². The summed E-state index contributed by atoms with van der Waals surface area (Å²) in [7, 11) is 0. The lowest BCUT2D eigenvalue weighted by Gasteiger charge is -2.30. The van der Waals surface area contributed by atoms with E-state index in [1.54, 1.807) is 0 Å². The maximum atomic E-state index is 6.15. The van der Waals surface area contributed by atoms with Gasteiger partial charge < -0.3 is 5.73 Å². The van der Waals surface area contributed by atoms with Gasteiger partial charge in [-0.15, -0.1) is 5.10 Å². The minimum Gasteiger partial charge on any atom is -0.319 e. The topological polar surface area (TPSA) is 80.5 Å². The molecule has 0 amide bonds. The number of nitrogens with two attached hydrogens (primary N) is 1. The summed E-state index contributed by atoms with van der Waals surface area (Å²) in [5.74, 6) is 0.738. The molecule has 0 bridgehead atoms. The van der Waals surface area contributed by atoms with Crippen LogP contribution in [0.25, 0.3) is 0 Å². The highest BCUT2D eigenvalue weighted by Gasteiger charge is 2.32. The Balaban J connectivity index is 2.19. The SMILES string of the molecule is NC1(c2nnn[nH]2)CCCCC1. The van der Waals surface area contributed by atoms with Crippen molar-refractivity contribution in [2.45, 2.75) is 37.6 Å². The molecule has 1 aliphatic carbocycles. The first kappa shape index (κ1) is 7.67. The molecular formula is C7H13N5. The fourth-order valence-corrected chi connectivity index (χ4v) is 1.79. The van der Waals surface area contributed by atoms with Crippen molar-refractivity contribution in [1.82, 2.24) is 20.6 Å². The second-order valence-corrected chi connectivity index (χ2v) is 3.47. The second-order valence-electron chi connectivity index (χ2n) is 3.47. The van der Waals surface area contributed by atoms with Gasteiger partial charge in [0.25, 0.3) is 0 Å². The Labute approximate surface area is 70.7 Å². The molecule has 0 spiro atoms. The summed E-state index contributed by atoms with van der Waals surface area (Å²) in [5.41, 5.74) is 5.86. The molecule has 12 heavy (non-hydrogen) atoms. The van der Waals surface area contributed by atoms with E-state index in [1.807, 2.05) is 0 Å². The smallest absolute Gasteiger partial charge is 0.168 e. The van der Waals surface area contributed by atoms with Gasteiger partial charge in [0.1, 0.15) is 0 Å². The largest absolute Gasteiger partial charge is 0.319 e. The van der Waals surface area contributed by atoms with E-state index >= 15 is 0 Å². The van der Waals surface area contributed by atoms with Gasteiger partial charge >= 0.3 is 0 Å². The maximum Gasteiger partial charge on any atom is 0.168 e. The summed E-state index contributed by atoms with van der Waals surface area (Å²) in [4.78, 5) is 0. The van der Waals surface area contributed by atoms with Crippen molar-refractivity contribution in [2.24, 2.45) is 5.73 Å². The van der Waals surface area contributed by atoms with E-state index in [0.717, 1.165) is 18.7 Å². The van der Waals surface area contributed by atoms with Crippen LogP contribution in [0.1, 0.15) is 37.9 Å². The Hall–Kier alpha value is -0.970. The maximum absolute atomic E-state index is 6.15. The highest BCUT2D eigenvalue weighted by Crippen LogP contribution is 2.31. The number of hydrogen-bond donors (Lipinski definition) is 2. The van der Waals surface area contributed by atoms with Gasteiger partial charge in [-0.05, 0) is 23.3 Å². The number of aromatic amines is 1. The van der Waals surface area contributed by atoms with Crippen molar-refractivity contribution < 1.29 is 0 Å². The zero-order valence-electron chi connectivity index (χ0n) is 6.95. The molecule has 2 rings (SSSR count). The number of hydrogen-bond acceptors (Lipinski definition) is 4. The lowest BCUT2D eigenvalue weighted by Crippen LogP contribution is -2.39. The van der Waals surface area contributed by atoms with E-state index in [2.05, 4.69) is 20.6 Å². The molecule has 1 saturated carbocycles. The molecule has 0 saturated heterocycles. The zero-order valence-corrected chi connectivity index (χ0v) is 6.95. The lowest BCUT2D eigenvalue weighted by atomic mass is 9.82. The Bertz CT molecular complexity index is 236. The van der Waals surface area contributed by atoms with Crippen LogP contribution in [0, 0.1) is 0 Å². The van der Waals surface area contributed by atoms with E-state index in [-0.39, 0.29) is 5.54 Å². The van der Waals surface area contributed by atoms with Gasteiger partial charge in [0.2, 0.25) is 0 Å². The average molecular weight is 167 g/mol. The van der Waals surface area contributed by atoms with E-state index in [1.165, 1.54) is 19.3 Å². The molecule has 66 valence electrons. The molecule has 0 aliphatic heterocycles. The molecule has 0 unspecified atom stereocenters. The summed E-state index contributed by atoms with van der Waals surface area (Å²) in [6.45, 7) is 0. The molecule has 0 atom stereocenters. The van der Waals surface area contributed by atoms with Crippen LogP contribution in [-0.4, -0.2) is 20.6 Å². The molecular weight excluding hydrogens is 154 g/mol. The summed E-state index contributed by atoms with van der Waals surface area (Å²) in [6, 6.07) is 0. The van der Waals surface area contributed by atoms with Crippen LogP contribution in [-0.2, 0) is 5.54 Å².